The first-order valence-electron chi connectivity index (χ1n) is 6.71. The van der Waals surface area contributed by atoms with Gasteiger partial charge in [-0.15, -0.1) is 5.10 Å². The molecule has 6 heteroatoms. The van der Waals surface area contributed by atoms with Crippen LogP contribution in [0.25, 0.3) is 0 Å². The summed E-state index contributed by atoms with van der Waals surface area (Å²) >= 11 is 0. The highest BCUT2D eigenvalue weighted by atomic mass is 16.3. The second-order valence-electron chi connectivity index (χ2n) is 4.36. The Bertz CT molecular complexity index is 287. The molecule has 6 nitrogen and oxygen atoms in total. The van der Waals surface area contributed by atoms with Gasteiger partial charge in [-0.25, -0.2) is 0 Å². The summed E-state index contributed by atoms with van der Waals surface area (Å²) in [4.78, 5) is 2.22. The minimum Gasteiger partial charge on any atom is -0.390 e. The van der Waals surface area contributed by atoms with Gasteiger partial charge in [0, 0.05) is 25.8 Å². The average molecular weight is 255 g/mol. The smallest absolute Gasteiger partial charge is 0.0791 e. The highest BCUT2D eigenvalue weighted by Gasteiger charge is 2.07. The molecule has 0 fully saturated rings. The zero-order valence-electron chi connectivity index (χ0n) is 11.4. The highest BCUT2D eigenvalue weighted by molar-refractivity contribution is 4.66. The summed E-state index contributed by atoms with van der Waals surface area (Å²) in [5.41, 5.74) is 0. The van der Waals surface area contributed by atoms with Crippen LogP contribution in [0.3, 0.4) is 0 Å². The van der Waals surface area contributed by atoms with Gasteiger partial charge in [0.1, 0.15) is 0 Å². The van der Waals surface area contributed by atoms with Gasteiger partial charge in [0.2, 0.25) is 0 Å². The Morgan fingerprint density at radius 2 is 2.17 bits per heavy atom. The Balaban J connectivity index is 2.00. The second-order valence-corrected chi connectivity index (χ2v) is 4.36. The van der Waals surface area contributed by atoms with E-state index >= 15 is 0 Å². The molecular weight excluding hydrogens is 230 g/mol. The molecule has 0 saturated heterocycles. The number of hydrogen-bond donors (Lipinski definition) is 2. The Morgan fingerprint density at radius 1 is 1.39 bits per heavy atom. The van der Waals surface area contributed by atoms with Gasteiger partial charge in [0.15, 0.2) is 0 Å². The summed E-state index contributed by atoms with van der Waals surface area (Å²) in [6.45, 7) is 9.33. The van der Waals surface area contributed by atoms with Gasteiger partial charge in [-0.3, -0.25) is 4.68 Å². The molecule has 2 N–H and O–H groups in total. The summed E-state index contributed by atoms with van der Waals surface area (Å²) in [5, 5.41) is 20.7. The third-order valence-electron chi connectivity index (χ3n) is 2.96. The zero-order chi connectivity index (χ0) is 13.2. The second kappa shape index (κ2) is 9.02. The summed E-state index contributed by atoms with van der Waals surface area (Å²) in [6.07, 6.45) is 4.23. The van der Waals surface area contributed by atoms with Gasteiger partial charge in [-0.1, -0.05) is 19.1 Å². The van der Waals surface area contributed by atoms with E-state index in [9.17, 15) is 5.11 Å². The van der Waals surface area contributed by atoms with Crippen molar-refractivity contribution in [2.45, 2.75) is 32.9 Å². The maximum absolute atomic E-state index is 9.83. The first-order valence-corrected chi connectivity index (χ1v) is 6.71. The van der Waals surface area contributed by atoms with Crippen molar-refractivity contribution in [1.82, 2.24) is 25.2 Å². The van der Waals surface area contributed by atoms with Crippen LogP contribution in [0.4, 0.5) is 0 Å². The lowest BCUT2D eigenvalue weighted by atomic mass is 10.3. The van der Waals surface area contributed by atoms with Crippen LogP contribution in [0.1, 0.15) is 20.3 Å². The minimum atomic E-state index is -0.295. The molecule has 0 aliphatic carbocycles. The van der Waals surface area contributed by atoms with E-state index in [1.165, 1.54) is 0 Å². The number of rotatable bonds is 10. The summed E-state index contributed by atoms with van der Waals surface area (Å²) in [7, 11) is 0. The van der Waals surface area contributed by atoms with E-state index < -0.39 is 0 Å². The van der Waals surface area contributed by atoms with Crippen LogP contribution in [0.2, 0.25) is 0 Å². The number of nitrogens with one attached hydrogen (secondary N) is 1. The molecule has 0 aromatic carbocycles. The fourth-order valence-corrected chi connectivity index (χ4v) is 1.83. The Morgan fingerprint density at radius 3 is 2.78 bits per heavy atom. The molecule has 1 aromatic rings. The molecule has 0 spiro atoms. The fraction of sp³-hybridized carbons (Fsp3) is 0.833. The number of aliphatic hydroxyl groups is 1. The van der Waals surface area contributed by atoms with Crippen LogP contribution in [-0.4, -0.2) is 63.8 Å². The molecule has 1 unspecified atom stereocenters. The first-order chi connectivity index (χ1) is 8.76. The molecule has 1 rings (SSSR count). The van der Waals surface area contributed by atoms with Crippen LogP contribution < -0.4 is 5.32 Å². The van der Waals surface area contributed by atoms with Gasteiger partial charge in [0.25, 0.3) is 0 Å². The third kappa shape index (κ3) is 6.09. The van der Waals surface area contributed by atoms with Crippen molar-refractivity contribution in [2.75, 3.05) is 32.7 Å². The summed E-state index contributed by atoms with van der Waals surface area (Å²) in [5.74, 6) is 0. The number of aliphatic hydroxyl groups excluding tert-OH is 1. The Kier molecular flexibility index (Phi) is 7.55. The maximum atomic E-state index is 9.83. The number of aromatic nitrogens is 3. The van der Waals surface area contributed by atoms with Gasteiger partial charge in [0.05, 0.1) is 12.3 Å². The molecule has 0 aliphatic heterocycles. The zero-order valence-corrected chi connectivity index (χ0v) is 11.4. The molecule has 1 atom stereocenters. The van der Waals surface area contributed by atoms with Crippen molar-refractivity contribution in [2.24, 2.45) is 0 Å². The molecular formula is C12H25N5O. The van der Waals surface area contributed by atoms with E-state index in [4.69, 9.17) is 0 Å². The molecule has 0 bridgehead atoms. The number of nitrogens with zero attached hydrogens (tertiary/aromatic N) is 4. The van der Waals surface area contributed by atoms with E-state index in [1.54, 1.807) is 6.20 Å². The Hall–Kier alpha value is -0.980. The van der Waals surface area contributed by atoms with Gasteiger partial charge < -0.3 is 15.3 Å². The third-order valence-corrected chi connectivity index (χ3v) is 2.96. The SMILES string of the molecule is CCN(CC)CC(O)CNCCCn1ccnn1. The van der Waals surface area contributed by atoms with Gasteiger partial charge in [-0.05, 0) is 26.1 Å². The minimum absolute atomic E-state index is 0.295. The molecule has 1 heterocycles. The van der Waals surface area contributed by atoms with Crippen LogP contribution >= 0.6 is 0 Å². The van der Waals surface area contributed by atoms with Crippen LogP contribution in [0, 0.1) is 0 Å². The molecule has 0 amide bonds. The van der Waals surface area contributed by atoms with Gasteiger partial charge in [-0.2, -0.15) is 0 Å². The largest absolute Gasteiger partial charge is 0.390 e. The normalized spacial score (nSPS) is 13.1. The monoisotopic (exact) mass is 255 g/mol. The van der Waals surface area contributed by atoms with E-state index in [1.807, 2.05) is 10.9 Å². The van der Waals surface area contributed by atoms with E-state index in [0.29, 0.717) is 6.54 Å². The number of aryl methyl sites for hydroxylation is 1. The van der Waals surface area contributed by atoms with Crippen molar-refractivity contribution in [3.63, 3.8) is 0 Å². The van der Waals surface area contributed by atoms with Crippen molar-refractivity contribution >= 4 is 0 Å². The Labute approximate surface area is 109 Å². The number of hydrogen-bond acceptors (Lipinski definition) is 5. The lowest BCUT2D eigenvalue weighted by Gasteiger charge is -2.22. The predicted octanol–water partition coefficient (Wildman–Crippen LogP) is -0.0395. The molecule has 0 aliphatic rings. The fourth-order valence-electron chi connectivity index (χ4n) is 1.83. The molecule has 18 heavy (non-hydrogen) atoms. The average Bonchev–Trinajstić information content (AvgIpc) is 2.88. The number of likely N-dealkylation sites (N-methyl/N-ethyl adjacent to an activating group) is 1. The van der Waals surface area contributed by atoms with Crippen molar-refractivity contribution in [1.29, 1.82) is 0 Å². The summed E-state index contributed by atoms with van der Waals surface area (Å²) < 4.78 is 1.81. The highest BCUT2D eigenvalue weighted by Crippen LogP contribution is 1.91. The van der Waals surface area contributed by atoms with Crippen LogP contribution in [-0.2, 0) is 6.54 Å². The molecule has 0 saturated carbocycles. The van der Waals surface area contributed by atoms with Crippen LogP contribution in [0.5, 0.6) is 0 Å². The predicted molar refractivity (Wildman–Crippen MR) is 71.3 cm³/mol. The van der Waals surface area contributed by atoms with E-state index in [0.717, 1.165) is 39.1 Å². The van der Waals surface area contributed by atoms with E-state index in [-0.39, 0.29) is 6.10 Å². The maximum Gasteiger partial charge on any atom is 0.0791 e. The lowest BCUT2D eigenvalue weighted by Crippen LogP contribution is -2.38. The van der Waals surface area contributed by atoms with Gasteiger partial charge >= 0.3 is 0 Å². The quantitative estimate of drug-likeness (QED) is 0.574. The summed E-state index contributed by atoms with van der Waals surface area (Å²) in [6, 6.07) is 0. The molecule has 104 valence electrons. The van der Waals surface area contributed by atoms with Crippen LogP contribution in [0.15, 0.2) is 12.4 Å². The molecule has 1 aromatic heterocycles. The van der Waals surface area contributed by atoms with E-state index in [2.05, 4.69) is 34.4 Å². The standard InChI is InChI=1S/C12H25N5O/c1-3-16(4-2)11-12(18)10-13-6-5-8-17-9-7-14-15-17/h7,9,12-13,18H,3-6,8,10-11H2,1-2H3. The molecule has 0 radical (unpaired) electrons. The first kappa shape index (κ1) is 15.1. The van der Waals surface area contributed by atoms with Crippen molar-refractivity contribution in [3.8, 4) is 0 Å². The topological polar surface area (TPSA) is 66.2 Å². The van der Waals surface area contributed by atoms with Crippen molar-refractivity contribution in [3.05, 3.63) is 12.4 Å². The van der Waals surface area contributed by atoms with Crippen molar-refractivity contribution < 1.29 is 5.11 Å². The lowest BCUT2D eigenvalue weighted by molar-refractivity contribution is 0.117.